The minimum absolute atomic E-state index is 0.0655. The summed E-state index contributed by atoms with van der Waals surface area (Å²) in [5, 5.41) is 8.96. The Balaban J connectivity index is 2.34. The molecule has 0 atom stereocenters. The number of rotatable bonds is 3. The number of aliphatic hydroxyl groups is 1. The predicted molar refractivity (Wildman–Crippen MR) is 58.8 cm³/mol. The second kappa shape index (κ2) is 4.71. The highest BCUT2D eigenvalue weighted by atomic mass is 19.3. The van der Waals surface area contributed by atoms with Crippen LogP contribution in [0.3, 0.4) is 0 Å². The van der Waals surface area contributed by atoms with Gasteiger partial charge in [0.1, 0.15) is 0 Å². The highest BCUT2D eigenvalue weighted by molar-refractivity contribution is 6.41. The van der Waals surface area contributed by atoms with Crippen LogP contribution in [0.25, 0.3) is 0 Å². The maximum atomic E-state index is 12.2. The first-order valence-electron chi connectivity index (χ1n) is 5.21. The van der Waals surface area contributed by atoms with Crippen molar-refractivity contribution in [2.24, 2.45) is 4.99 Å². The summed E-state index contributed by atoms with van der Waals surface area (Å²) in [6.07, 6.45) is -3.08. The van der Waals surface area contributed by atoms with Gasteiger partial charge in [0.05, 0.1) is 24.4 Å². The van der Waals surface area contributed by atoms with Crippen molar-refractivity contribution in [1.29, 1.82) is 0 Å². The van der Waals surface area contributed by atoms with E-state index < -0.39 is 12.8 Å². The van der Waals surface area contributed by atoms with Crippen LogP contribution in [0.2, 0.25) is 0 Å². The Morgan fingerprint density at radius 3 is 2.82 bits per heavy atom. The summed E-state index contributed by atoms with van der Waals surface area (Å²) in [5.41, 5.74) is 1.84. The molecule has 2 rings (SSSR count). The first-order valence-corrected chi connectivity index (χ1v) is 5.21. The van der Waals surface area contributed by atoms with Crippen LogP contribution in [0.5, 0.6) is 0 Å². The number of alkyl halides is 2. The van der Waals surface area contributed by atoms with Gasteiger partial charge in [-0.2, -0.15) is 0 Å². The van der Waals surface area contributed by atoms with Crippen molar-refractivity contribution in [2.75, 3.05) is 0 Å². The SMILES string of the molecule is O=C1Cc2cc(CO)ccc2N=C1CC(F)F. The molecular formula is C12H11F2NO2. The molecule has 0 saturated heterocycles. The number of ketones is 1. The molecule has 17 heavy (non-hydrogen) atoms. The normalized spacial score (nSPS) is 14.8. The number of halogens is 2. The monoisotopic (exact) mass is 239 g/mol. The number of carbonyl (C=O) groups is 1. The molecule has 1 aliphatic heterocycles. The summed E-state index contributed by atoms with van der Waals surface area (Å²) in [5.74, 6) is -0.368. The van der Waals surface area contributed by atoms with Gasteiger partial charge in [-0.3, -0.25) is 4.79 Å². The zero-order valence-electron chi connectivity index (χ0n) is 8.99. The highest BCUT2D eigenvalue weighted by Gasteiger charge is 2.23. The number of carbonyl (C=O) groups excluding carboxylic acids is 1. The topological polar surface area (TPSA) is 49.7 Å². The van der Waals surface area contributed by atoms with Gasteiger partial charge in [-0.1, -0.05) is 12.1 Å². The van der Waals surface area contributed by atoms with E-state index in [4.69, 9.17) is 5.11 Å². The van der Waals surface area contributed by atoms with E-state index >= 15 is 0 Å². The van der Waals surface area contributed by atoms with Crippen LogP contribution < -0.4 is 0 Å². The number of fused-ring (bicyclic) bond motifs is 1. The van der Waals surface area contributed by atoms with Crippen molar-refractivity contribution in [1.82, 2.24) is 0 Å². The summed E-state index contributed by atoms with van der Waals surface area (Å²) in [7, 11) is 0. The van der Waals surface area contributed by atoms with Gasteiger partial charge >= 0.3 is 0 Å². The van der Waals surface area contributed by atoms with Crippen LogP contribution in [0.15, 0.2) is 23.2 Å². The zero-order valence-corrected chi connectivity index (χ0v) is 8.99. The van der Waals surface area contributed by atoms with Gasteiger partial charge in [0.25, 0.3) is 0 Å². The van der Waals surface area contributed by atoms with Crippen LogP contribution in [-0.4, -0.2) is 23.0 Å². The average Bonchev–Trinajstić information content (AvgIpc) is 2.29. The number of Topliss-reactive ketones (excluding diaryl/α,β-unsaturated/α-hetero) is 1. The van der Waals surface area contributed by atoms with Crippen molar-refractivity contribution < 1.29 is 18.7 Å². The summed E-state index contributed by atoms with van der Waals surface area (Å²) >= 11 is 0. The zero-order chi connectivity index (χ0) is 12.4. The maximum absolute atomic E-state index is 12.2. The Hall–Kier alpha value is -1.62. The van der Waals surface area contributed by atoms with E-state index in [9.17, 15) is 13.6 Å². The molecule has 0 aromatic heterocycles. The van der Waals surface area contributed by atoms with Crippen molar-refractivity contribution >= 4 is 17.2 Å². The average molecular weight is 239 g/mol. The standard InChI is InChI=1S/C12H11F2NO2/c13-12(14)5-10-11(17)4-8-3-7(6-16)1-2-9(8)15-10/h1-3,12,16H,4-6H2. The first kappa shape index (κ1) is 11.9. The second-order valence-corrected chi connectivity index (χ2v) is 3.87. The molecule has 5 heteroatoms. The van der Waals surface area contributed by atoms with E-state index in [0.717, 1.165) is 0 Å². The van der Waals surface area contributed by atoms with Crippen LogP contribution in [0.4, 0.5) is 14.5 Å². The second-order valence-electron chi connectivity index (χ2n) is 3.87. The third-order valence-electron chi connectivity index (χ3n) is 2.60. The van der Waals surface area contributed by atoms with Gasteiger partial charge in [0.15, 0.2) is 5.78 Å². The van der Waals surface area contributed by atoms with Gasteiger partial charge in [0.2, 0.25) is 6.43 Å². The Labute approximate surface area is 96.8 Å². The van der Waals surface area contributed by atoms with Gasteiger partial charge in [-0.05, 0) is 17.2 Å². The van der Waals surface area contributed by atoms with Crippen molar-refractivity contribution in [3.8, 4) is 0 Å². The quantitative estimate of drug-likeness (QED) is 0.877. The fourth-order valence-corrected chi connectivity index (χ4v) is 1.78. The largest absolute Gasteiger partial charge is 0.392 e. The van der Waals surface area contributed by atoms with Crippen molar-refractivity contribution in [3.63, 3.8) is 0 Å². The number of benzene rings is 1. The smallest absolute Gasteiger partial charge is 0.244 e. The van der Waals surface area contributed by atoms with Crippen LogP contribution >= 0.6 is 0 Å². The molecule has 1 aliphatic rings. The lowest BCUT2D eigenvalue weighted by atomic mass is 9.97. The molecule has 90 valence electrons. The predicted octanol–water partition coefficient (Wildman–Crippen LogP) is 2.03. The molecule has 0 unspecified atom stereocenters. The Bertz CT molecular complexity index is 483. The summed E-state index contributed by atoms with van der Waals surface area (Å²) in [6.45, 7) is -0.116. The van der Waals surface area contributed by atoms with E-state index in [1.165, 1.54) is 0 Å². The molecule has 0 spiro atoms. The fraction of sp³-hybridized carbons (Fsp3) is 0.333. The third kappa shape index (κ3) is 2.55. The van der Waals surface area contributed by atoms with Gasteiger partial charge in [-0.15, -0.1) is 0 Å². The lowest BCUT2D eigenvalue weighted by Gasteiger charge is -2.15. The molecule has 0 saturated carbocycles. The molecule has 1 N–H and O–H groups in total. The molecule has 1 aromatic carbocycles. The molecule has 0 fully saturated rings. The van der Waals surface area contributed by atoms with Crippen molar-refractivity contribution in [3.05, 3.63) is 29.3 Å². The Morgan fingerprint density at radius 1 is 1.41 bits per heavy atom. The minimum Gasteiger partial charge on any atom is -0.392 e. The van der Waals surface area contributed by atoms with E-state index in [2.05, 4.69) is 4.99 Å². The molecule has 0 bridgehead atoms. The van der Waals surface area contributed by atoms with Gasteiger partial charge in [0, 0.05) is 6.42 Å². The van der Waals surface area contributed by atoms with Crippen LogP contribution in [0, 0.1) is 0 Å². The number of aliphatic imine (C=N–C) groups is 1. The van der Waals surface area contributed by atoms with Gasteiger partial charge in [-0.25, -0.2) is 13.8 Å². The molecule has 0 aliphatic carbocycles. The minimum atomic E-state index is -2.56. The highest BCUT2D eigenvalue weighted by Crippen LogP contribution is 2.27. The lowest BCUT2D eigenvalue weighted by molar-refractivity contribution is -0.112. The summed E-state index contributed by atoms with van der Waals surface area (Å²) in [6, 6.07) is 4.98. The number of hydrogen-bond donors (Lipinski definition) is 1. The fourth-order valence-electron chi connectivity index (χ4n) is 1.78. The molecule has 0 radical (unpaired) electrons. The number of aliphatic hydroxyl groups excluding tert-OH is 1. The molecule has 1 heterocycles. The van der Waals surface area contributed by atoms with E-state index in [-0.39, 0.29) is 24.5 Å². The van der Waals surface area contributed by atoms with E-state index in [1.54, 1.807) is 18.2 Å². The van der Waals surface area contributed by atoms with E-state index in [0.29, 0.717) is 16.8 Å². The number of nitrogens with zero attached hydrogens (tertiary/aromatic N) is 1. The lowest BCUT2D eigenvalue weighted by Crippen LogP contribution is -2.22. The molecule has 1 aromatic rings. The Morgan fingerprint density at radius 2 is 2.18 bits per heavy atom. The molecular weight excluding hydrogens is 228 g/mol. The maximum Gasteiger partial charge on any atom is 0.244 e. The van der Waals surface area contributed by atoms with Crippen LogP contribution in [0.1, 0.15) is 17.5 Å². The Kier molecular flexibility index (Phi) is 3.28. The third-order valence-corrected chi connectivity index (χ3v) is 2.60. The molecule has 0 amide bonds. The number of hydrogen-bond acceptors (Lipinski definition) is 3. The molecule has 3 nitrogen and oxygen atoms in total. The van der Waals surface area contributed by atoms with Gasteiger partial charge < -0.3 is 5.11 Å². The van der Waals surface area contributed by atoms with Crippen LogP contribution in [-0.2, 0) is 17.8 Å². The summed E-state index contributed by atoms with van der Waals surface area (Å²) in [4.78, 5) is 15.5. The first-order chi connectivity index (χ1) is 8.10. The summed E-state index contributed by atoms with van der Waals surface area (Å²) < 4.78 is 24.4. The van der Waals surface area contributed by atoms with E-state index in [1.807, 2.05) is 0 Å². The van der Waals surface area contributed by atoms with Crippen molar-refractivity contribution in [2.45, 2.75) is 25.9 Å².